The van der Waals surface area contributed by atoms with Crippen LogP contribution in [0, 0.1) is 0 Å². The Morgan fingerprint density at radius 1 is 1.29 bits per heavy atom. The standard InChI is InChI=1S/C11H16N6/c1-8-5-16(6-9(2)14-8)11-12-7-17-10(15-11)3-4-13-17/h3-4,7-9,14H,5-6H2,1-2H3/t8-,9+. The van der Waals surface area contributed by atoms with Gasteiger partial charge in [-0.1, -0.05) is 0 Å². The van der Waals surface area contributed by atoms with Crippen molar-refractivity contribution in [3.63, 3.8) is 0 Å². The lowest BCUT2D eigenvalue weighted by Crippen LogP contribution is -2.54. The number of hydrogen-bond donors (Lipinski definition) is 1. The molecule has 0 radical (unpaired) electrons. The summed E-state index contributed by atoms with van der Waals surface area (Å²) in [6, 6.07) is 2.81. The van der Waals surface area contributed by atoms with E-state index in [-0.39, 0.29) is 0 Å². The van der Waals surface area contributed by atoms with Crippen LogP contribution < -0.4 is 10.2 Å². The number of nitrogens with zero attached hydrogens (tertiary/aromatic N) is 5. The molecule has 1 aliphatic rings. The predicted octanol–water partition coefficient (Wildman–Crippen LogP) is 0.311. The molecule has 1 N–H and O–H groups in total. The van der Waals surface area contributed by atoms with Crippen molar-refractivity contribution in [2.75, 3.05) is 18.0 Å². The van der Waals surface area contributed by atoms with Gasteiger partial charge >= 0.3 is 0 Å². The van der Waals surface area contributed by atoms with Crippen molar-refractivity contribution in [3.8, 4) is 0 Å². The van der Waals surface area contributed by atoms with E-state index in [0.29, 0.717) is 12.1 Å². The lowest BCUT2D eigenvalue weighted by molar-refractivity contribution is 0.403. The van der Waals surface area contributed by atoms with Crippen LogP contribution in [-0.2, 0) is 0 Å². The van der Waals surface area contributed by atoms with E-state index in [1.54, 1.807) is 17.0 Å². The van der Waals surface area contributed by atoms with Gasteiger partial charge in [-0.15, -0.1) is 0 Å². The molecule has 0 amide bonds. The largest absolute Gasteiger partial charge is 0.338 e. The SMILES string of the molecule is C[C@@H]1CN(c2ncn3nccc3n2)C[C@H](C)N1. The van der Waals surface area contributed by atoms with Gasteiger partial charge in [0.2, 0.25) is 5.95 Å². The van der Waals surface area contributed by atoms with Gasteiger partial charge in [-0.25, -0.2) is 9.50 Å². The van der Waals surface area contributed by atoms with E-state index < -0.39 is 0 Å². The van der Waals surface area contributed by atoms with Crippen molar-refractivity contribution < 1.29 is 0 Å². The first-order chi connectivity index (χ1) is 8.22. The predicted molar refractivity (Wildman–Crippen MR) is 65.1 cm³/mol. The average Bonchev–Trinajstić information content (AvgIpc) is 2.74. The number of hydrogen-bond acceptors (Lipinski definition) is 5. The van der Waals surface area contributed by atoms with Gasteiger partial charge in [-0.2, -0.15) is 10.1 Å². The highest BCUT2D eigenvalue weighted by Crippen LogP contribution is 2.13. The van der Waals surface area contributed by atoms with E-state index in [4.69, 9.17) is 0 Å². The van der Waals surface area contributed by atoms with Crippen LogP contribution in [-0.4, -0.2) is 44.8 Å². The summed E-state index contributed by atoms with van der Waals surface area (Å²) in [5.41, 5.74) is 0.842. The molecular weight excluding hydrogens is 216 g/mol. The summed E-state index contributed by atoms with van der Waals surface area (Å²) in [7, 11) is 0. The second-order valence-electron chi connectivity index (χ2n) is 4.66. The van der Waals surface area contributed by atoms with Crippen molar-refractivity contribution in [2.24, 2.45) is 0 Å². The van der Waals surface area contributed by atoms with E-state index >= 15 is 0 Å². The normalized spacial score (nSPS) is 25.4. The van der Waals surface area contributed by atoms with Crippen molar-refractivity contribution in [2.45, 2.75) is 25.9 Å². The van der Waals surface area contributed by atoms with Crippen LogP contribution in [0.1, 0.15) is 13.8 Å². The molecule has 3 heterocycles. The number of aromatic nitrogens is 4. The molecule has 0 saturated carbocycles. The fraction of sp³-hybridized carbons (Fsp3) is 0.545. The van der Waals surface area contributed by atoms with Crippen molar-refractivity contribution in [1.82, 2.24) is 24.9 Å². The van der Waals surface area contributed by atoms with Gasteiger partial charge in [-0.3, -0.25) is 0 Å². The highest BCUT2D eigenvalue weighted by molar-refractivity contribution is 5.42. The summed E-state index contributed by atoms with van der Waals surface area (Å²) in [5.74, 6) is 0.790. The Labute approximate surface area is 99.7 Å². The van der Waals surface area contributed by atoms with Gasteiger partial charge in [0, 0.05) is 31.2 Å². The number of anilines is 1. The highest BCUT2D eigenvalue weighted by Gasteiger charge is 2.22. The molecular formula is C11H16N6. The minimum absolute atomic E-state index is 0.462. The Morgan fingerprint density at radius 2 is 2.06 bits per heavy atom. The number of nitrogens with one attached hydrogen (secondary N) is 1. The maximum absolute atomic E-state index is 4.52. The summed E-state index contributed by atoms with van der Waals surface area (Å²) < 4.78 is 1.68. The third-order valence-corrected chi connectivity index (χ3v) is 2.99. The summed E-state index contributed by atoms with van der Waals surface area (Å²) in [6.45, 7) is 6.24. The maximum Gasteiger partial charge on any atom is 0.228 e. The molecule has 2 aromatic rings. The fourth-order valence-electron chi connectivity index (χ4n) is 2.36. The second kappa shape index (κ2) is 3.96. The summed E-state index contributed by atoms with van der Waals surface area (Å²) in [5, 5.41) is 7.59. The monoisotopic (exact) mass is 232 g/mol. The molecule has 1 aliphatic heterocycles. The molecule has 0 aromatic carbocycles. The Kier molecular flexibility index (Phi) is 2.44. The molecule has 0 spiro atoms. The Morgan fingerprint density at radius 3 is 2.82 bits per heavy atom. The van der Waals surface area contributed by atoms with Crippen LogP contribution in [0.5, 0.6) is 0 Å². The lowest BCUT2D eigenvalue weighted by Gasteiger charge is -2.36. The first kappa shape index (κ1) is 10.5. The molecule has 6 heteroatoms. The number of fused-ring (bicyclic) bond motifs is 1. The minimum Gasteiger partial charge on any atom is -0.338 e. The molecule has 1 fully saturated rings. The van der Waals surface area contributed by atoms with Gasteiger partial charge < -0.3 is 10.2 Å². The maximum atomic E-state index is 4.52. The van der Waals surface area contributed by atoms with E-state index in [1.807, 2.05) is 6.07 Å². The summed E-state index contributed by atoms with van der Waals surface area (Å²) in [6.07, 6.45) is 3.45. The van der Waals surface area contributed by atoms with E-state index in [1.165, 1.54) is 0 Å². The van der Waals surface area contributed by atoms with Crippen LogP contribution in [0.3, 0.4) is 0 Å². The number of rotatable bonds is 1. The molecule has 6 nitrogen and oxygen atoms in total. The molecule has 90 valence electrons. The Bertz CT molecular complexity index is 511. The zero-order valence-corrected chi connectivity index (χ0v) is 10.0. The number of piperazine rings is 1. The third kappa shape index (κ3) is 1.95. The van der Waals surface area contributed by atoms with Crippen LogP contribution in [0.15, 0.2) is 18.6 Å². The van der Waals surface area contributed by atoms with Crippen LogP contribution in [0.2, 0.25) is 0 Å². The Balaban J connectivity index is 1.91. The molecule has 3 rings (SSSR count). The summed E-state index contributed by atoms with van der Waals surface area (Å²) in [4.78, 5) is 11.1. The van der Waals surface area contributed by atoms with Gasteiger partial charge in [0.25, 0.3) is 0 Å². The van der Waals surface area contributed by atoms with E-state index in [9.17, 15) is 0 Å². The first-order valence-electron chi connectivity index (χ1n) is 5.90. The van der Waals surface area contributed by atoms with Crippen LogP contribution >= 0.6 is 0 Å². The molecule has 2 aromatic heterocycles. The molecule has 0 aliphatic carbocycles. The van der Waals surface area contributed by atoms with E-state index in [0.717, 1.165) is 24.7 Å². The molecule has 17 heavy (non-hydrogen) atoms. The quantitative estimate of drug-likeness (QED) is 0.767. The minimum atomic E-state index is 0.462. The fourth-order valence-corrected chi connectivity index (χ4v) is 2.36. The zero-order chi connectivity index (χ0) is 11.8. The van der Waals surface area contributed by atoms with Gasteiger partial charge in [0.05, 0.1) is 6.20 Å². The highest BCUT2D eigenvalue weighted by atomic mass is 15.3. The Hall–Kier alpha value is -1.69. The molecule has 0 bridgehead atoms. The second-order valence-corrected chi connectivity index (χ2v) is 4.66. The van der Waals surface area contributed by atoms with E-state index in [2.05, 4.69) is 39.1 Å². The third-order valence-electron chi connectivity index (χ3n) is 2.99. The smallest absolute Gasteiger partial charge is 0.228 e. The van der Waals surface area contributed by atoms with Crippen LogP contribution in [0.4, 0.5) is 5.95 Å². The molecule has 1 saturated heterocycles. The zero-order valence-electron chi connectivity index (χ0n) is 10.0. The summed E-state index contributed by atoms with van der Waals surface area (Å²) >= 11 is 0. The van der Waals surface area contributed by atoms with Crippen LogP contribution in [0.25, 0.3) is 5.65 Å². The van der Waals surface area contributed by atoms with Gasteiger partial charge in [-0.05, 0) is 13.8 Å². The van der Waals surface area contributed by atoms with Crippen molar-refractivity contribution in [3.05, 3.63) is 18.6 Å². The molecule has 0 unspecified atom stereocenters. The average molecular weight is 232 g/mol. The van der Waals surface area contributed by atoms with Crippen molar-refractivity contribution in [1.29, 1.82) is 0 Å². The van der Waals surface area contributed by atoms with Gasteiger partial charge in [0.1, 0.15) is 6.33 Å². The van der Waals surface area contributed by atoms with Gasteiger partial charge in [0.15, 0.2) is 5.65 Å². The topological polar surface area (TPSA) is 58.4 Å². The molecule has 2 atom stereocenters. The lowest BCUT2D eigenvalue weighted by atomic mass is 10.1. The van der Waals surface area contributed by atoms with Crippen molar-refractivity contribution >= 4 is 11.6 Å². The first-order valence-corrected chi connectivity index (χ1v) is 5.90.